The zero-order valence-corrected chi connectivity index (χ0v) is 16.8. The standard InChI is InChI=1S/C21H23N5O4/c1-3-19(21(25-14-22-13-23-25)16-6-4-15(2)5-7-16)24-20(27)12-30-18-10-8-17(9-11-18)26(28)29/h4-11,13-14,19,21H,3,12H2,1-2H3,(H,24,27)/t19-,21-/m0/s1. The maximum atomic E-state index is 12.5. The molecule has 1 aromatic heterocycles. The van der Waals surface area contributed by atoms with Crippen LogP contribution in [0.15, 0.2) is 61.2 Å². The lowest BCUT2D eigenvalue weighted by molar-refractivity contribution is -0.384. The van der Waals surface area contributed by atoms with Gasteiger partial charge in [0.2, 0.25) is 0 Å². The average molecular weight is 409 g/mol. The van der Waals surface area contributed by atoms with Gasteiger partial charge in [0.25, 0.3) is 11.6 Å². The Labute approximate surface area is 173 Å². The molecule has 9 nitrogen and oxygen atoms in total. The second-order valence-corrected chi connectivity index (χ2v) is 6.85. The van der Waals surface area contributed by atoms with Gasteiger partial charge < -0.3 is 10.1 Å². The van der Waals surface area contributed by atoms with Gasteiger partial charge in [0.05, 0.1) is 17.0 Å². The van der Waals surface area contributed by atoms with Gasteiger partial charge in [-0.3, -0.25) is 14.9 Å². The normalized spacial score (nSPS) is 12.7. The van der Waals surface area contributed by atoms with Crippen molar-refractivity contribution in [3.05, 3.63) is 82.4 Å². The number of nitrogens with zero attached hydrogens (tertiary/aromatic N) is 4. The summed E-state index contributed by atoms with van der Waals surface area (Å²) in [5.41, 5.74) is 2.12. The van der Waals surface area contributed by atoms with Crippen molar-refractivity contribution in [3.63, 3.8) is 0 Å². The Morgan fingerprint density at radius 1 is 1.20 bits per heavy atom. The van der Waals surface area contributed by atoms with Gasteiger partial charge in [0, 0.05) is 12.1 Å². The summed E-state index contributed by atoms with van der Waals surface area (Å²) in [7, 11) is 0. The second kappa shape index (κ2) is 9.64. The van der Waals surface area contributed by atoms with Crippen LogP contribution in [0, 0.1) is 17.0 Å². The van der Waals surface area contributed by atoms with Crippen LogP contribution < -0.4 is 10.1 Å². The number of aryl methyl sites for hydroxylation is 1. The van der Waals surface area contributed by atoms with E-state index in [-0.39, 0.29) is 30.3 Å². The fraction of sp³-hybridized carbons (Fsp3) is 0.286. The van der Waals surface area contributed by atoms with Gasteiger partial charge in [-0.05, 0) is 31.0 Å². The predicted molar refractivity (Wildman–Crippen MR) is 110 cm³/mol. The summed E-state index contributed by atoms with van der Waals surface area (Å²) < 4.78 is 7.20. The van der Waals surface area contributed by atoms with Crippen molar-refractivity contribution in [1.29, 1.82) is 0 Å². The van der Waals surface area contributed by atoms with E-state index in [1.54, 1.807) is 11.0 Å². The predicted octanol–water partition coefficient (Wildman–Crippen LogP) is 3.06. The summed E-state index contributed by atoms with van der Waals surface area (Å²) in [5.74, 6) is 0.0904. The molecule has 1 N–H and O–H groups in total. The summed E-state index contributed by atoms with van der Waals surface area (Å²) in [6, 6.07) is 13.2. The Hall–Kier alpha value is -3.75. The lowest BCUT2D eigenvalue weighted by Crippen LogP contribution is -2.43. The fourth-order valence-corrected chi connectivity index (χ4v) is 3.16. The third-order valence-electron chi connectivity index (χ3n) is 4.73. The summed E-state index contributed by atoms with van der Waals surface area (Å²) in [5, 5.41) is 18.0. The molecule has 0 saturated heterocycles. The topological polar surface area (TPSA) is 112 Å². The highest BCUT2D eigenvalue weighted by Crippen LogP contribution is 2.24. The lowest BCUT2D eigenvalue weighted by atomic mass is 9.96. The first-order valence-electron chi connectivity index (χ1n) is 9.55. The minimum atomic E-state index is -0.488. The smallest absolute Gasteiger partial charge is 0.269 e. The Kier molecular flexibility index (Phi) is 6.74. The highest BCUT2D eigenvalue weighted by molar-refractivity contribution is 5.78. The third-order valence-corrected chi connectivity index (χ3v) is 4.73. The summed E-state index contributed by atoms with van der Waals surface area (Å²) in [6.45, 7) is 3.80. The van der Waals surface area contributed by atoms with Crippen molar-refractivity contribution < 1.29 is 14.5 Å². The largest absolute Gasteiger partial charge is 0.484 e. The molecule has 0 spiro atoms. The summed E-state index contributed by atoms with van der Waals surface area (Å²) in [6.07, 6.45) is 3.77. The molecule has 0 aliphatic rings. The number of hydrogen-bond donors (Lipinski definition) is 1. The molecule has 0 aliphatic carbocycles. The van der Waals surface area contributed by atoms with Gasteiger partial charge in [0.1, 0.15) is 18.4 Å². The van der Waals surface area contributed by atoms with Crippen LogP contribution in [0.25, 0.3) is 0 Å². The number of aromatic nitrogens is 3. The number of nitro benzene ring substituents is 1. The number of non-ortho nitro benzene ring substituents is 1. The quantitative estimate of drug-likeness (QED) is 0.429. The van der Waals surface area contributed by atoms with Crippen LogP contribution in [-0.2, 0) is 4.79 Å². The van der Waals surface area contributed by atoms with E-state index in [0.717, 1.165) is 11.1 Å². The zero-order chi connectivity index (χ0) is 21.5. The molecular formula is C21H23N5O4. The molecule has 0 unspecified atom stereocenters. The van der Waals surface area contributed by atoms with Crippen molar-refractivity contribution >= 4 is 11.6 Å². The van der Waals surface area contributed by atoms with Gasteiger partial charge in [-0.25, -0.2) is 9.67 Å². The molecule has 2 atom stereocenters. The molecule has 1 heterocycles. The lowest BCUT2D eigenvalue weighted by Gasteiger charge is -2.27. The molecule has 2 aromatic carbocycles. The number of rotatable bonds is 9. The number of amides is 1. The van der Waals surface area contributed by atoms with Crippen LogP contribution in [0.2, 0.25) is 0 Å². The summed E-state index contributed by atoms with van der Waals surface area (Å²) >= 11 is 0. The van der Waals surface area contributed by atoms with Crippen LogP contribution in [0.4, 0.5) is 5.69 Å². The molecule has 0 fully saturated rings. The minimum Gasteiger partial charge on any atom is -0.484 e. The van der Waals surface area contributed by atoms with Crippen molar-refractivity contribution in [1.82, 2.24) is 20.1 Å². The van der Waals surface area contributed by atoms with Crippen molar-refractivity contribution in [2.45, 2.75) is 32.4 Å². The molecule has 1 amide bonds. The van der Waals surface area contributed by atoms with Crippen molar-refractivity contribution in [3.8, 4) is 5.75 Å². The van der Waals surface area contributed by atoms with Gasteiger partial charge in [-0.15, -0.1) is 0 Å². The first kappa shape index (κ1) is 21.0. The molecule has 9 heteroatoms. The zero-order valence-electron chi connectivity index (χ0n) is 16.8. The van der Waals surface area contributed by atoms with Crippen LogP contribution in [-0.4, -0.2) is 38.2 Å². The van der Waals surface area contributed by atoms with Crippen molar-refractivity contribution in [2.24, 2.45) is 0 Å². The van der Waals surface area contributed by atoms with E-state index >= 15 is 0 Å². The Morgan fingerprint density at radius 2 is 1.90 bits per heavy atom. The molecule has 3 rings (SSSR count). The Morgan fingerprint density at radius 3 is 2.47 bits per heavy atom. The molecular weight excluding hydrogens is 386 g/mol. The van der Waals surface area contributed by atoms with Gasteiger partial charge in [-0.2, -0.15) is 5.10 Å². The molecule has 0 radical (unpaired) electrons. The minimum absolute atomic E-state index is 0.0355. The van der Waals surface area contributed by atoms with E-state index < -0.39 is 4.92 Å². The SMILES string of the molecule is CC[C@H](NC(=O)COc1ccc([N+](=O)[O-])cc1)[C@H](c1ccc(C)cc1)n1cncn1. The van der Waals surface area contributed by atoms with Crippen LogP contribution >= 0.6 is 0 Å². The molecule has 30 heavy (non-hydrogen) atoms. The highest BCUT2D eigenvalue weighted by Gasteiger charge is 2.26. The molecule has 156 valence electrons. The van der Waals surface area contributed by atoms with Gasteiger partial charge in [-0.1, -0.05) is 36.8 Å². The molecule has 0 saturated carbocycles. The van der Waals surface area contributed by atoms with E-state index in [1.807, 2.05) is 38.1 Å². The van der Waals surface area contributed by atoms with E-state index in [1.165, 1.54) is 30.6 Å². The molecule has 0 bridgehead atoms. The monoisotopic (exact) mass is 409 g/mol. The van der Waals surface area contributed by atoms with E-state index in [9.17, 15) is 14.9 Å². The number of nitrogens with one attached hydrogen (secondary N) is 1. The van der Waals surface area contributed by atoms with Crippen LogP contribution in [0.5, 0.6) is 5.75 Å². The average Bonchev–Trinajstić information content (AvgIpc) is 3.27. The highest BCUT2D eigenvalue weighted by atomic mass is 16.6. The number of benzene rings is 2. The Balaban J connectivity index is 1.69. The van der Waals surface area contributed by atoms with Crippen LogP contribution in [0.1, 0.15) is 30.5 Å². The summed E-state index contributed by atoms with van der Waals surface area (Å²) in [4.78, 5) is 26.8. The van der Waals surface area contributed by atoms with Gasteiger partial charge >= 0.3 is 0 Å². The molecule has 0 aliphatic heterocycles. The maximum absolute atomic E-state index is 12.5. The number of carbonyl (C=O) groups excluding carboxylic acids is 1. The van der Waals surface area contributed by atoms with E-state index in [4.69, 9.17) is 4.74 Å². The van der Waals surface area contributed by atoms with E-state index in [0.29, 0.717) is 12.2 Å². The fourth-order valence-electron chi connectivity index (χ4n) is 3.16. The number of ether oxygens (including phenoxy) is 1. The van der Waals surface area contributed by atoms with Crippen LogP contribution in [0.3, 0.4) is 0 Å². The second-order valence-electron chi connectivity index (χ2n) is 6.85. The third kappa shape index (κ3) is 5.19. The number of carbonyl (C=O) groups is 1. The Bertz CT molecular complexity index is 972. The van der Waals surface area contributed by atoms with Crippen molar-refractivity contribution in [2.75, 3.05) is 6.61 Å². The van der Waals surface area contributed by atoms with Gasteiger partial charge in [0.15, 0.2) is 6.61 Å². The number of hydrogen-bond acceptors (Lipinski definition) is 6. The number of nitro groups is 1. The van der Waals surface area contributed by atoms with E-state index in [2.05, 4.69) is 15.4 Å². The maximum Gasteiger partial charge on any atom is 0.269 e. The first-order valence-corrected chi connectivity index (χ1v) is 9.55. The molecule has 3 aromatic rings. The first-order chi connectivity index (χ1) is 14.5.